The zero-order valence-corrected chi connectivity index (χ0v) is 20.6. The fourth-order valence-corrected chi connectivity index (χ4v) is 4.15. The van der Waals surface area contributed by atoms with Crippen LogP contribution in [0.4, 0.5) is 33.6 Å². The van der Waals surface area contributed by atoms with Crippen molar-refractivity contribution in [3.63, 3.8) is 0 Å². The van der Waals surface area contributed by atoms with E-state index in [1.165, 1.54) is 6.07 Å². The molecule has 8 nitrogen and oxygen atoms in total. The number of hydrogen-bond donors (Lipinski definition) is 3. The van der Waals surface area contributed by atoms with Gasteiger partial charge in [-0.2, -0.15) is 15.0 Å². The summed E-state index contributed by atoms with van der Waals surface area (Å²) in [7, 11) is 0. The summed E-state index contributed by atoms with van der Waals surface area (Å²) in [6.07, 6.45) is 2.60. The first-order valence-electron chi connectivity index (χ1n) is 11.9. The van der Waals surface area contributed by atoms with E-state index in [0.29, 0.717) is 61.3 Å². The zero-order chi connectivity index (χ0) is 24.6. The summed E-state index contributed by atoms with van der Waals surface area (Å²) in [4.78, 5) is 18.0. The summed E-state index contributed by atoms with van der Waals surface area (Å²) in [5, 5.41) is 16.2. The molecule has 35 heavy (non-hydrogen) atoms. The lowest BCUT2D eigenvalue weighted by molar-refractivity contribution is 0.283. The van der Waals surface area contributed by atoms with Gasteiger partial charge < -0.3 is 25.5 Å². The average molecular weight is 500 g/mol. The molecule has 10 heteroatoms. The van der Waals surface area contributed by atoms with Crippen molar-refractivity contribution in [2.45, 2.75) is 26.2 Å². The van der Waals surface area contributed by atoms with Crippen molar-refractivity contribution in [1.29, 1.82) is 0 Å². The maximum Gasteiger partial charge on any atom is 0.233 e. The molecular weight excluding hydrogens is 469 g/mol. The largest absolute Gasteiger partial charge is 0.396 e. The van der Waals surface area contributed by atoms with Crippen LogP contribution in [0.15, 0.2) is 42.5 Å². The van der Waals surface area contributed by atoms with Crippen LogP contribution in [0.5, 0.6) is 0 Å². The SMILES string of the molecule is Cc1c(Cl)cccc1Nc1nc(NCCCCCO)nc(N2CCN(c3ccccc3F)CC2)n1. The molecule has 2 aromatic carbocycles. The molecule has 3 aromatic rings. The van der Waals surface area contributed by atoms with Gasteiger partial charge in [-0.15, -0.1) is 0 Å². The Balaban J connectivity index is 1.51. The summed E-state index contributed by atoms with van der Waals surface area (Å²) in [6, 6.07) is 12.5. The zero-order valence-electron chi connectivity index (χ0n) is 19.8. The van der Waals surface area contributed by atoms with Crippen LogP contribution in [0.25, 0.3) is 0 Å². The first-order chi connectivity index (χ1) is 17.0. The Bertz CT molecular complexity index is 1120. The maximum absolute atomic E-state index is 14.2. The van der Waals surface area contributed by atoms with Crippen LogP contribution in [0.1, 0.15) is 24.8 Å². The van der Waals surface area contributed by atoms with Gasteiger partial charge in [0.25, 0.3) is 0 Å². The summed E-state index contributed by atoms with van der Waals surface area (Å²) in [5.41, 5.74) is 2.35. The molecule has 1 fully saturated rings. The van der Waals surface area contributed by atoms with E-state index in [4.69, 9.17) is 16.7 Å². The second kappa shape index (κ2) is 12.0. The number of halogens is 2. The second-order valence-electron chi connectivity index (χ2n) is 8.46. The van der Waals surface area contributed by atoms with Gasteiger partial charge in [0, 0.05) is 50.0 Å². The predicted molar refractivity (Wildman–Crippen MR) is 140 cm³/mol. The normalized spacial score (nSPS) is 13.7. The van der Waals surface area contributed by atoms with Crippen molar-refractivity contribution in [2.75, 3.05) is 59.8 Å². The second-order valence-corrected chi connectivity index (χ2v) is 8.86. The Kier molecular flexibility index (Phi) is 8.54. The molecule has 0 amide bonds. The highest BCUT2D eigenvalue weighted by atomic mass is 35.5. The van der Waals surface area contributed by atoms with Crippen LogP contribution in [-0.2, 0) is 0 Å². The number of aliphatic hydroxyl groups excluding tert-OH is 1. The third-order valence-electron chi connectivity index (χ3n) is 6.01. The number of benzene rings is 2. The van der Waals surface area contributed by atoms with Crippen molar-refractivity contribution in [1.82, 2.24) is 15.0 Å². The molecule has 4 rings (SSSR count). The standard InChI is InChI=1S/C25H31ClFN7O/c1-18-19(26)8-7-10-21(18)29-24-30-23(28-12-5-2-6-17-35)31-25(32-24)34-15-13-33(14-16-34)22-11-4-3-9-20(22)27/h3-4,7-11,35H,2,5-6,12-17H2,1H3,(H2,28,29,30,31,32). The van der Waals surface area contributed by atoms with Gasteiger partial charge in [-0.1, -0.05) is 29.8 Å². The average Bonchev–Trinajstić information content (AvgIpc) is 2.87. The number of unbranched alkanes of at least 4 members (excludes halogenated alkanes) is 2. The van der Waals surface area contributed by atoms with E-state index in [9.17, 15) is 4.39 Å². The number of rotatable bonds is 10. The molecule has 0 bridgehead atoms. The highest BCUT2D eigenvalue weighted by molar-refractivity contribution is 6.31. The van der Waals surface area contributed by atoms with Crippen LogP contribution < -0.4 is 20.4 Å². The Morgan fingerprint density at radius 1 is 0.914 bits per heavy atom. The molecule has 3 N–H and O–H groups in total. The number of hydrogen-bond acceptors (Lipinski definition) is 8. The molecule has 1 aromatic heterocycles. The van der Waals surface area contributed by atoms with Gasteiger partial charge in [0.05, 0.1) is 5.69 Å². The number of para-hydroxylation sites is 1. The fourth-order valence-electron chi connectivity index (χ4n) is 3.97. The highest BCUT2D eigenvalue weighted by Crippen LogP contribution is 2.27. The van der Waals surface area contributed by atoms with Crippen molar-refractivity contribution in [2.24, 2.45) is 0 Å². The van der Waals surface area contributed by atoms with Gasteiger partial charge in [0.1, 0.15) is 5.82 Å². The summed E-state index contributed by atoms with van der Waals surface area (Å²) in [6.45, 7) is 5.46. The lowest BCUT2D eigenvalue weighted by Crippen LogP contribution is -2.47. The number of nitrogens with one attached hydrogen (secondary N) is 2. The van der Waals surface area contributed by atoms with Gasteiger partial charge in [0.15, 0.2) is 0 Å². The monoisotopic (exact) mass is 499 g/mol. The van der Waals surface area contributed by atoms with Gasteiger partial charge in [-0.3, -0.25) is 0 Å². The number of aliphatic hydroxyl groups is 1. The molecule has 0 spiro atoms. The van der Waals surface area contributed by atoms with E-state index in [0.717, 1.165) is 30.5 Å². The smallest absolute Gasteiger partial charge is 0.233 e. The molecule has 0 radical (unpaired) electrons. The van der Waals surface area contributed by atoms with E-state index in [1.807, 2.05) is 42.2 Å². The predicted octanol–water partition coefficient (Wildman–Crippen LogP) is 4.62. The number of anilines is 5. The molecule has 186 valence electrons. The minimum atomic E-state index is -0.211. The van der Waals surface area contributed by atoms with Crippen molar-refractivity contribution in [3.05, 3.63) is 58.9 Å². The molecule has 2 heterocycles. The quantitative estimate of drug-likeness (QED) is 0.348. The van der Waals surface area contributed by atoms with Crippen molar-refractivity contribution in [3.8, 4) is 0 Å². The molecular formula is C25H31ClFN7O. The van der Waals surface area contributed by atoms with Gasteiger partial charge in [-0.25, -0.2) is 4.39 Å². The van der Waals surface area contributed by atoms with Crippen LogP contribution in [0, 0.1) is 12.7 Å². The lowest BCUT2D eigenvalue weighted by Gasteiger charge is -2.36. The van der Waals surface area contributed by atoms with Crippen molar-refractivity contribution < 1.29 is 9.50 Å². The Labute approximate surface area is 210 Å². The molecule has 0 atom stereocenters. The van der Waals surface area contributed by atoms with Gasteiger partial charge in [-0.05, 0) is 56.0 Å². The van der Waals surface area contributed by atoms with E-state index in [2.05, 4.69) is 30.5 Å². The summed E-state index contributed by atoms with van der Waals surface area (Å²) in [5.74, 6) is 1.26. The number of aromatic nitrogens is 3. The van der Waals surface area contributed by atoms with Gasteiger partial charge in [0.2, 0.25) is 17.8 Å². The Morgan fingerprint density at radius 3 is 2.43 bits per heavy atom. The molecule has 0 saturated carbocycles. The summed E-state index contributed by atoms with van der Waals surface area (Å²) >= 11 is 6.29. The highest BCUT2D eigenvalue weighted by Gasteiger charge is 2.22. The topological polar surface area (TPSA) is 89.4 Å². The van der Waals surface area contributed by atoms with E-state index >= 15 is 0 Å². The van der Waals surface area contributed by atoms with E-state index in [-0.39, 0.29) is 12.4 Å². The Hall–Kier alpha value is -3.17. The van der Waals surface area contributed by atoms with Gasteiger partial charge >= 0.3 is 0 Å². The minimum Gasteiger partial charge on any atom is -0.396 e. The lowest BCUT2D eigenvalue weighted by atomic mass is 10.2. The van der Waals surface area contributed by atoms with Crippen LogP contribution in [-0.4, -0.2) is 59.4 Å². The van der Waals surface area contributed by atoms with Crippen LogP contribution >= 0.6 is 11.6 Å². The molecule has 1 aliphatic heterocycles. The minimum absolute atomic E-state index is 0.196. The Morgan fingerprint density at radius 2 is 1.66 bits per heavy atom. The third-order valence-corrected chi connectivity index (χ3v) is 6.42. The van der Waals surface area contributed by atoms with Crippen LogP contribution in [0.2, 0.25) is 5.02 Å². The van der Waals surface area contributed by atoms with Crippen LogP contribution in [0.3, 0.4) is 0 Å². The van der Waals surface area contributed by atoms with E-state index in [1.54, 1.807) is 6.07 Å². The molecule has 0 aliphatic carbocycles. The first-order valence-corrected chi connectivity index (χ1v) is 12.3. The van der Waals surface area contributed by atoms with E-state index < -0.39 is 0 Å². The third kappa shape index (κ3) is 6.49. The molecule has 1 saturated heterocycles. The first kappa shape index (κ1) is 24.9. The maximum atomic E-state index is 14.2. The molecule has 1 aliphatic rings. The number of nitrogens with zero attached hydrogens (tertiary/aromatic N) is 5. The fraction of sp³-hybridized carbons (Fsp3) is 0.400. The summed E-state index contributed by atoms with van der Waals surface area (Å²) < 4.78 is 14.2. The number of piperazine rings is 1. The van der Waals surface area contributed by atoms with Crippen molar-refractivity contribution >= 4 is 40.8 Å². The molecule has 0 unspecified atom stereocenters.